The predicted octanol–water partition coefficient (Wildman–Crippen LogP) is 3.54. The van der Waals surface area contributed by atoms with Gasteiger partial charge in [0.15, 0.2) is 23.9 Å². The molecular weight excluding hydrogens is 332 g/mol. The predicted molar refractivity (Wildman–Crippen MR) is 89.8 cm³/mol. The van der Waals surface area contributed by atoms with Crippen LogP contribution in [0.3, 0.4) is 0 Å². The van der Waals surface area contributed by atoms with E-state index in [0.29, 0.717) is 22.1 Å². The van der Waals surface area contributed by atoms with Crippen molar-refractivity contribution < 1.29 is 23.8 Å². The molecule has 0 aliphatic rings. The van der Waals surface area contributed by atoms with Gasteiger partial charge in [0, 0.05) is 10.6 Å². The van der Waals surface area contributed by atoms with Gasteiger partial charge >= 0.3 is 5.97 Å². The van der Waals surface area contributed by atoms with E-state index in [2.05, 4.69) is 0 Å². The van der Waals surface area contributed by atoms with Crippen molar-refractivity contribution in [2.24, 2.45) is 0 Å². The van der Waals surface area contributed by atoms with Crippen LogP contribution in [-0.2, 0) is 9.53 Å². The quantitative estimate of drug-likeness (QED) is 0.539. The van der Waals surface area contributed by atoms with E-state index in [1.165, 1.54) is 13.2 Å². The van der Waals surface area contributed by atoms with Gasteiger partial charge in [-0.05, 0) is 24.3 Å². The number of ketones is 1. The highest BCUT2D eigenvalue weighted by Gasteiger charge is 2.11. The lowest BCUT2D eigenvalue weighted by atomic mass is 10.1. The maximum absolute atomic E-state index is 11.9. The largest absolute Gasteiger partial charge is 0.493 e. The minimum absolute atomic E-state index is 0.0286. The molecular formula is C18H17ClO5. The highest BCUT2D eigenvalue weighted by molar-refractivity contribution is 6.31. The molecule has 0 saturated carbocycles. The van der Waals surface area contributed by atoms with Crippen molar-refractivity contribution in [3.8, 4) is 11.5 Å². The summed E-state index contributed by atoms with van der Waals surface area (Å²) >= 11 is 5.82. The molecule has 0 fully saturated rings. The standard InChI is InChI=1S/C18H17ClO5/c1-22-16-7-2-3-8-17(16)23-10-9-18(21)24-12-15(20)13-5-4-6-14(19)11-13/h2-8,11H,9-10,12H2,1H3. The first-order valence-corrected chi connectivity index (χ1v) is 7.68. The summed E-state index contributed by atoms with van der Waals surface area (Å²) in [4.78, 5) is 23.6. The van der Waals surface area contributed by atoms with Gasteiger partial charge in [0.05, 0.1) is 20.1 Å². The number of para-hydroxylation sites is 2. The van der Waals surface area contributed by atoms with Crippen molar-refractivity contribution in [3.63, 3.8) is 0 Å². The molecule has 0 atom stereocenters. The molecule has 0 radical (unpaired) electrons. The van der Waals surface area contributed by atoms with Gasteiger partial charge in [0.25, 0.3) is 0 Å². The number of esters is 1. The molecule has 0 aromatic heterocycles. The number of carbonyl (C=O) groups is 2. The third kappa shape index (κ3) is 5.28. The molecule has 0 spiro atoms. The number of Topliss-reactive ketones (excluding diaryl/α,β-unsaturated/α-hetero) is 1. The first kappa shape index (κ1) is 17.8. The van der Waals surface area contributed by atoms with E-state index in [9.17, 15) is 9.59 Å². The van der Waals surface area contributed by atoms with E-state index in [4.69, 9.17) is 25.8 Å². The summed E-state index contributed by atoms with van der Waals surface area (Å²) in [5.74, 6) is 0.307. The highest BCUT2D eigenvalue weighted by atomic mass is 35.5. The average Bonchev–Trinajstić information content (AvgIpc) is 2.60. The van der Waals surface area contributed by atoms with Crippen LogP contribution in [0, 0.1) is 0 Å². The molecule has 24 heavy (non-hydrogen) atoms. The van der Waals surface area contributed by atoms with Crippen LogP contribution in [-0.4, -0.2) is 32.1 Å². The molecule has 6 heteroatoms. The molecule has 0 bridgehead atoms. The van der Waals surface area contributed by atoms with Crippen molar-refractivity contribution in [2.45, 2.75) is 6.42 Å². The molecule has 2 aromatic carbocycles. The minimum atomic E-state index is -0.514. The molecule has 0 saturated heterocycles. The van der Waals surface area contributed by atoms with Crippen molar-refractivity contribution in [1.29, 1.82) is 0 Å². The van der Waals surface area contributed by atoms with Crippen LogP contribution in [0.4, 0.5) is 0 Å². The van der Waals surface area contributed by atoms with Gasteiger partial charge in [-0.1, -0.05) is 35.9 Å². The lowest BCUT2D eigenvalue weighted by molar-refractivity contribution is -0.143. The number of rotatable bonds is 8. The molecule has 126 valence electrons. The average molecular weight is 349 g/mol. The zero-order valence-corrected chi connectivity index (χ0v) is 13.9. The van der Waals surface area contributed by atoms with Crippen LogP contribution in [0.1, 0.15) is 16.8 Å². The fraction of sp³-hybridized carbons (Fsp3) is 0.222. The van der Waals surface area contributed by atoms with Crippen molar-refractivity contribution >= 4 is 23.4 Å². The molecule has 0 aliphatic carbocycles. The Labute approximate surface area is 145 Å². The van der Waals surface area contributed by atoms with Crippen LogP contribution >= 0.6 is 11.6 Å². The molecule has 0 heterocycles. The van der Waals surface area contributed by atoms with E-state index >= 15 is 0 Å². The monoisotopic (exact) mass is 348 g/mol. The van der Waals surface area contributed by atoms with Gasteiger partial charge < -0.3 is 14.2 Å². The summed E-state index contributed by atoms with van der Waals surface area (Å²) in [5.41, 5.74) is 0.403. The summed E-state index contributed by atoms with van der Waals surface area (Å²) in [5, 5.41) is 0.456. The normalized spacial score (nSPS) is 10.1. The molecule has 0 unspecified atom stereocenters. The van der Waals surface area contributed by atoms with Gasteiger partial charge in [-0.3, -0.25) is 9.59 Å². The molecule has 0 N–H and O–H groups in total. The number of ether oxygens (including phenoxy) is 3. The molecule has 2 aromatic rings. The van der Waals surface area contributed by atoms with E-state index in [1.807, 2.05) is 6.07 Å². The van der Waals surface area contributed by atoms with E-state index < -0.39 is 5.97 Å². The van der Waals surface area contributed by atoms with E-state index in [-0.39, 0.29) is 25.4 Å². The summed E-state index contributed by atoms with van der Waals surface area (Å²) in [6.07, 6.45) is 0.0286. The van der Waals surface area contributed by atoms with Crippen LogP contribution in [0.5, 0.6) is 11.5 Å². The lowest BCUT2D eigenvalue weighted by Gasteiger charge is -2.10. The maximum atomic E-state index is 11.9. The SMILES string of the molecule is COc1ccccc1OCCC(=O)OCC(=O)c1cccc(Cl)c1. The number of methoxy groups -OCH3 is 1. The Morgan fingerprint density at radius 1 is 1.04 bits per heavy atom. The van der Waals surface area contributed by atoms with Gasteiger partial charge in [-0.25, -0.2) is 0 Å². The number of carbonyl (C=O) groups excluding carboxylic acids is 2. The smallest absolute Gasteiger partial charge is 0.309 e. The van der Waals surface area contributed by atoms with Crippen LogP contribution < -0.4 is 9.47 Å². The number of hydrogen-bond donors (Lipinski definition) is 0. The van der Waals surface area contributed by atoms with Crippen LogP contribution in [0.2, 0.25) is 5.02 Å². The number of benzene rings is 2. The van der Waals surface area contributed by atoms with Gasteiger partial charge in [0.2, 0.25) is 0 Å². The maximum Gasteiger partial charge on any atom is 0.309 e. The Bertz CT molecular complexity index is 714. The Morgan fingerprint density at radius 3 is 2.50 bits per heavy atom. The highest BCUT2D eigenvalue weighted by Crippen LogP contribution is 2.25. The van der Waals surface area contributed by atoms with E-state index in [0.717, 1.165) is 0 Å². The molecule has 0 amide bonds. The molecule has 0 aliphatic heterocycles. The van der Waals surface area contributed by atoms with Crippen molar-refractivity contribution in [3.05, 3.63) is 59.1 Å². The minimum Gasteiger partial charge on any atom is -0.493 e. The Morgan fingerprint density at radius 2 is 1.79 bits per heavy atom. The van der Waals surface area contributed by atoms with Crippen molar-refractivity contribution in [2.75, 3.05) is 20.3 Å². The third-order valence-corrected chi connectivity index (χ3v) is 3.38. The zero-order chi connectivity index (χ0) is 17.4. The molecule has 2 rings (SSSR count). The first-order valence-electron chi connectivity index (χ1n) is 7.30. The van der Waals surface area contributed by atoms with E-state index in [1.54, 1.807) is 36.4 Å². The third-order valence-electron chi connectivity index (χ3n) is 3.14. The van der Waals surface area contributed by atoms with Crippen LogP contribution in [0.25, 0.3) is 0 Å². The summed E-state index contributed by atoms with van der Waals surface area (Å²) in [6.45, 7) is -0.196. The van der Waals surface area contributed by atoms with Crippen LogP contribution in [0.15, 0.2) is 48.5 Å². The lowest BCUT2D eigenvalue weighted by Crippen LogP contribution is -2.16. The van der Waals surface area contributed by atoms with Crippen molar-refractivity contribution in [1.82, 2.24) is 0 Å². The number of halogens is 1. The zero-order valence-electron chi connectivity index (χ0n) is 13.2. The van der Waals surface area contributed by atoms with Gasteiger partial charge in [-0.15, -0.1) is 0 Å². The molecule has 5 nitrogen and oxygen atoms in total. The second-order valence-electron chi connectivity index (χ2n) is 4.84. The Kier molecular flexibility index (Phi) is 6.63. The summed E-state index contributed by atoms with van der Waals surface area (Å²) in [7, 11) is 1.54. The van der Waals surface area contributed by atoms with Gasteiger partial charge in [-0.2, -0.15) is 0 Å². The first-order chi connectivity index (χ1) is 11.6. The fourth-order valence-electron chi connectivity index (χ4n) is 1.95. The number of hydrogen-bond acceptors (Lipinski definition) is 5. The topological polar surface area (TPSA) is 61.8 Å². The Hall–Kier alpha value is -2.53. The fourth-order valence-corrected chi connectivity index (χ4v) is 2.14. The Balaban J connectivity index is 1.74. The summed E-state index contributed by atoms with van der Waals surface area (Å²) < 4.78 is 15.6. The second kappa shape index (κ2) is 8.93. The summed E-state index contributed by atoms with van der Waals surface area (Å²) in [6, 6.07) is 13.6. The van der Waals surface area contributed by atoms with Gasteiger partial charge in [0.1, 0.15) is 0 Å². The second-order valence-corrected chi connectivity index (χ2v) is 5.28.